The fourth-order valence-electron chi connectivity index (χ4n) is 2.44. The first-order chi connectivity index (χ1) is 11.7. The summed E-state index contributed by atoms with van der Waals surface area (Å²) in [5.74, 6) is -0.963. The maximum Gasteiger partial charge on any atom is 0.333 e. The van der Waals surface area contributed by atoms with Crippen LogP contribution in [-0.4, -0.2) is 24.0 Å². The van der Waals surface area contributed by atoms with Gasteiger partial charge < -0.3 is 10.1 Å². The normalized spacial score (nSPS) is 11.7. The van der Waals surface area contributed by atoms with Gasteiger partial charge in [-0.05, 0) is 17.7 Å². The number of nitrogens with zero attached hydrogens (tertiary/aromatic N) is 1. The maximum atomic E-state index is 12.5. The molecular formula is C19H16N2O3. The van der Waals surface area contributed by atoms with Gasteiger partial charge in [0.15, 0.2) is 6.04 Å². The first-order valence-electron chi connectivity index (χ1n) is 7.48. The van der Waals surface area contributed by atoms with E-state index >= 15 is 0 Å². The number of esters is 1. The number of ether oxygens (including phenoxy) is 1. The van der Waals surface area contributed by atoms with E-state index in [-0.39, 0.29) is 5.69 Å². The third kappa shape index (κ3) is 3.25. The highest BCUT2D eigenvalue weighted by atomic mass is 16.5. The molecule has 0 saturated carbocycles. The Bertz CT molecular complexity index is 878. The molecule has 5 heteroatoms. The van der Waals surface area contributed by atoms with Gasteiger partial charge in [-0.2, -0.15) is 0 Å². The first-order valence-corrected chi connectivity index (χ1v) is 7.48. The number of hydrogen-bond acceptors (Lipinski definition) is 4. The second-order valence-electron chi connectivity index (χ2n) is 5.23. The zero-order chi connectivity index (χ0) is 16.9. The smallest absolute Gasteiger partial charge is 0.333 e. The van der Waals surface area contributed by atoms with Crippen molar-refractivity contribution in [2.24, 2.45) is 0 Å². The predicted octanol–water partition coefficient (Wildman–Crippen LogP) is 2.88. The van der Waals surface area contributed by atoms with Crippen LogP contribution in [-0.2, 0) is 9.53 Å². The summed E-state index contributed by atoms with van der Waals surface area (Å²) in [6.45, 7) is 0. The minimum absolute atomic E-state index is 0.249. The van der Waals surface area contributed by atoms with Crippen molar-refractivity contribution >= 4 is 22.8 Å². The minimum atomic E-state index is -0.878. The van der Waals surface area contributed by atoms with E-state index in [1.807, 2.05) is 36.4 Å². The number of benzene rings is 2. The Balaban J connectivity index is 1.88. The summed E-state index contributed by atoms with van der Waals surface area (Å²) < 4.78 is 4.80. The van der Waals surface area contributed by atoms with Crippen LogP contribution < -0.4 is 5.32 Å². The zero-order valence-corrected chi connectivity index (χ0v) is 13.1. The number of para-hydroxylation sites is 1. The fourth-order valence-corrected chi connectivity index (χ4v) is 2.44. The van der Waals surface area contributed by atoms with Gasteiger partial charge in [0.1, 0.15) is 5.69 Å². The quantitative estimate of drug-likeness (QED) is 0.751. The monoisotopic (exact) mass is 320 g/mol. The number of carbonyl (C=O) groups is 2. The van der Waals surface area contributed by atoms with E-state index in [2.05, 4.69) is 10.3 Å². The molecule has 1 heterocycles. The van der Waals surface area contributed by atoms with Crippen molar-refractivity contribution in [2.45, 2.75) is 6.04 Å². The van der Waals surface area contributed by atoms with Gasteiger partial charge in [-0.25, -0.2) is 9.78 Å². The van der Waals surface area contributed by atoms with Crippen LogP contribution in [0.5, 0.6) is 0 Å². The first kappa shape index (κ1) is 15.7. The average Bonchev–Trinajstić information content (AvgIpc) is 2.65. The number of pyridine rings is 1. The van der Waals surface area contributed by atoms with E-state index in [0.717, 1.165) is 10.9 Å². The lowest BCUT2D eigenvalue weighted by Gasteiger charge is -2.16. The average molecular weight is 320 g/mol. The lowest BCUT2D eigenvalue weighted by molar-refractivity contribution is -0.143. The molecule has 0 aliphatic carbocycles. The molecule has 1 atom stereocenters. The van der Waals surface area contributed by atoms with Crippen LogP contribution in [0.15, 0.2) is 66.7 Å². The predicted molar refractivity (Wildman–Crippen MR) is 90.4 cm³/mol. The molecule has 24 heavy (non-hydrogen) atoms. The molecule has 5 nitrogen and oxygen atoms in total. The number of nitrogens with one attached hydrogen (secondary N) is 1. The molecule has 3 rings (SSSR count). The molecular weight excluding hydrogens is 304 g/mol. The van der Waals surface area contributed by atoms with Gasteiger partial charge in [0.25, 0.3) is 5.91 Å². The second-order valence-corrected chi connectivity index (χ2v) is 5.23. The lowest BCUT2D eigenvalue weighted by atomic mass is 10.1. The highest BCUT2D eigenvalue weighted by Gasteiger charge is 2.24. The molecule has 0 radical (unpaired) electrons. The van der Waals surface area contributed by atoms with E-state index in [1.165, 1.54) is 7.11 Å². The van der Waals surface area contributed by atoms with Crippen LogP contribution in [0.2, 0.25) is 0 Å². The summed E-state index contributed by atoms with van der Waals surface area (Å²) in [4.78, 5) is 28.9. The second kappa shape index (κ2) is 6.91. The highest BCUT2D eigenvalue weighted by Crippen LogP contribution is 2.16. The Morgan fingerprint density at radius 2 is 1.67 bits per heavy atom. The fraction of sp³-hybridized carbons (Fsp3) is 0.105. The van der Waals surface area contributed by atoms with Gasteiger partial charge in [-0.15, -0.1) is 0 Å². The van der Waals surface area contributed by atoms with Crippen LogP contribution >= 0.6 is 0 Å². The molecule has 0 aliphatic heterocycles. The van der Waals surface area contributed by atoms with Crippen LogP contribution in [0.1, 0.15) is 22.1 Å². The van der Waals surface area contributed by atoms with Crippen molar-refractivity contribution in [3.05, 3.63) is 78.0 Å². The SMILES string of the molecule is COC(=O)C(NC(=O)c1ccc2ccccc2n1)c1ccccc1. The molecule has 0 fully saturated rings. The largest absolute Gasteiger partial charge is 0.467 e. The number of carbonyl (C=O) groups excluding carboxylic acids is 2. The van der Waals surface area contributed by atoms with Gasteiger partial charge >= 0.3 is 5.97 Å². The van der Waals surface area contributed by atoms with Crippen molar-refractivity contribution in [1.82, 2.24) is 10.3 Å². The van der Waals surface area contributed by atoms with Gasteiger partial charge in [-0.3, -0.25) is 4.79 Å². The number of aromatic nitrogens is 1. The summed E-state index contributed by atoms with van der Waals surface area (Å²) in [5, 5.41) is 3.63. The van der Waals surface area contributed by atoms with Gasteiger partial charge in [0, 0.05) is 5.39 Å². The van der Waals surface area contributed by atoms with Crippen molar-refractivity contribution in [3.8, 4) is 0 Å². The lowest BCUT2D eigenvalue weighted by Crippen LogP contribution is -2.35. The zero-order valence-electron chi connectivity index (χ0n) is 13.1. The van der Waals surface area contributed by atoms with Gasteiger partial charge in [0.2, 0.25) is 0 Å². The highest BCUT2D eigenvalue weighted by molar-refractivity contribution is 5.97. The van der Waals surface area contributed by atoms with E-state index in [1.54, 1.807) is 30.3 Å². The maximum absolute atomic E-state index is 12.5. The molecule has 120 valence electrons. The molecule has 0 saturated heterocycles. The van der Waals surface area contributed by atoms with E-state index in [9.17, 15) is 9.59 Å². The Hall–Kier alpha value is -3.21. The molecule has 0 aliphatic rings. The number of hydrogen-bond donors (Lipinski definition) is 1. The molecule has 3 aromatic rings. The Labute approximate surface area is 139 Å². The molecule has 1 N–H and O–H groups in total. The molecule has 0 spiro atoms. The molecule has 1 unspecified atom stereocenters. The van der Waals surface area contributed by atoms with Gasteiger partial charge in [0.05, 0.1) is 12.6 Å². The molecule has 1 aromatic heterocycles. The van der Waals surface area contributed by atoms with Crippen molar-refractivity contribution in [3.63, 3.8) is 0 Å². The topological polar surface area (TPSA) is 68.3 Å². The van der Waals surface area contributed by atoms with Crippen LogP contribution in [0, 0.1) is 0 Å². The molecule has 2 aromatic carbocycles. The van der Waals surface area contributed by atoms with Gasteiger partial charge in [-0.1, -0.05) is 54.6 Å². The number of methoxy groups -OCH3 is 1. The third-order valence-electron chi connectivity index (χ3n) is 3.68. The summed E-state index contributed by atoms with van der Waals surface area (Å²) >= 11 is 0. The molecule has 0 bridgehead atoms. The number of fused-ring (bicyclic) bond motifs is 1. The van der Waals surface area contributed by atoms with Crippen LogP contribution in [0.25, 0.3) is 10.9 Å². The summed E-state index contributed by atoms with van der Waals surface area (Å²) in [7, 11) is 1.29. The summed E-state index contributed by atoms with van der Waals surface area (Å²) in [5.41, 5.74) is 1.62. The van der Waals surface area contributed by atoms with E-state index < -0.39 is 17.9 Å². The van der Waals surface area contributed by atoms with E-state index in [4.69, 9.17) is 4.74 Å². The Kier molecular flexibility index (Phi) is 4.52. The third-order valence-corrected chi connectivity index (χ3v) is 3.68. The minimum Gasteiger partial charge on any atom is -0.467 e. The Morgan fingerprint density at radius 3 is 2.42 bits per heavy atom. The van der Waals surface area contributed by atoms with Crippen molar-refractivity contribution in [1.29, 1.82) is 0 Å². The molecule has 1 amide bonds. The van der Waals surface area contributed by atoms with Crippen molar-refractivity contribution < 1.29 is 14.3 Å². The summed E-state index contributed by atoms with van der Waals surface area (Å²) in [6, 6.07) is 19.1. The van der Waals surface area contributed by atoms with Crippen LogP contribution in [0.4, 0.5) is 0 Å². The van der Waals surface area contributed by atoms with Crippen LogP contribution in [0.3, 0.4) is 0 Å². The van der Waals surface area contributed by atoms with Crippen molar-refractivity contribution in [2.75, 3.05) is 7.11 Å². The standard InChI is InChI=1S/C19H16N2O3/c1-24-19(23)17(14-8-3-2-4-9-14)21-18(22)16-12-11-13-7-5-6-10-15(13)20-16/h2-12,17H,1H3,(H,21,22). The number of rotatable bonds is 4. The Morgan fingerprint density at radius 1 is 0.958 bits per heavy atom. The number of amides is 1. The summed E-state index contributed by atoms with van der Waals surface area (Å²) in [6.07, 6.45) is 0. The van der Waals surface area contributed by atoms with E-state index in [0.29, 0.717) is 5.56 Å².